The third-order valence-electron chi connectivity index (χ3n) is 4.95. The Balaban J connectivity index is 1.43. The topological polar surface area (TPSA) is 67.6 Å². The third-order valence-corrected chi connectivity index (χ3v) is 4.95. The van der Waals surface area contributed by atoms with Crippen LogP contribution in [-0.4, -0.2) is 38.8 Å². The second kappa shape index (κ2) is 6.88. The van der Waals surface area contributed by atoms with Gasteiger partial charge in [0.05, 0.1) is 12.3 Å². The van der Waals surface area contributed by atoms with Crippen LogP contribution >= 0.6 is 0 Å². The van der Waals surface area contributed by atoms with Gasteiger partial charge in [-0.15, -0.1) is 0 Å². The molecule has 0 bridgehead atoms. The molecule has 2 aliphatic rings. The summed E-state index contributed by atoms with van der Waals surface area (Å²) in [5.41, 5.74) is 2.91. The minimum atomic E-state index is -0.0808. The quantitative estimate of drug-likeness (QED) is 0.869. The Labute approximate surface area is 147 Å². The molecule has 25 heavy (non-hydrogen) atoms. The van der Waals surface area contributed by atoms with Crippen LogP contribution in [0.3, 0.4) is 0 Å². The average Bonchev–Trinajstić information content (AvgIpc) is 3.41. The van der Waals surface area contributed by atoms with Gasteiger partial charge in [-0.3, -0.25) is 9.48 Å². The van der Waals surface area contributed by atoms with Gasteiger partial charge < -0.3 is 14.7 Å². The highest BCUT2D eigenvalue weighted by atomic mass is 16.5. The van der Waals surface area contributed by atoms with Crippen molar-refractivity contribution in [2.45, 2.75) is 39.0 Å². The molecule has 1 aliphatic heterocycles. The number of aromatic nitrogens is 2. The molecule has 4 rings (SSSR count). The monoisotopic (exact) mass is 341 g/mol. The van der Waals surface area contributed by atoms with Crippen molar-refractivity contribution < 1.29 is 14.6 Å². The molecular weight excluding hydrogens is 318 g/mol. The minimum absolute atomic E-state index is 0.0318. The molecule has 2 heterocycles. The molecule has 132 valence electrons. The Kier molecular flexibility index (Phi) is 4.44. The molecule has 0 atom stereocenters. The van der Waals surface area contributed by atoms with Gasteiger partial charge >= 0.3 is 0 Å². The zero-order valence-electron chi connectivity index (χ0n) is 14.2. The van der Waals surface area contributed by atoms with E-state index < -0.39 is 0 Å². The lowest BCUT2D eigenvalue weighted by atomic mass is 10.1. The Hall–Kier alpha value is -2.34. The molecule has 0 spiro atoms. The number of para-hydroxylation sites is 1. The molecule has 0 unspecified atom stereocenters. The largest absolute Gasteiger partial charge is 0.484 e. The van der Waals surface area contributed by atoms with Crippen molar-refractivity contribution in [3.05, 3.63) is 47.3 Å². The molecule has 6 heteroatoms. The molecule has 0 saturated heterocycles. The number of aliphatic hydroxyl groups is 1. The van der Waals surface area contributed by atoms with Crippen LogP contribution in [0.15, 0.2) is 30.3 Å². The van der Waals surface area contributed by atoms with Crippen molar-refractivity contribution in [2.24, 2.45) is 5.92 Å². The van der Waals surface area contributed by atoms with Crippen molar-refractivity contribution in [1.29, 1.82) is 0 Å². The average molecular weight is 341 g/mol. The summed E-state index contributed by atoms with van der Waals surface area (Å²) < 4.78 is 7.63. The molecule has 1 aromatic carbocycles. The Morgan fingerprint density at radius 2 is 2.08 bits per heavy atom. The number of aliphatic hydroxyl groups excluding tert-OH is 1. The zero-order chi connectivity index (χ0) is 17.2. The molecule has 1 amide bonds. The van der Waals surface area contributed by atoms with Crippen LogP contribution < -0.4 is 4.74 Å². The molecule has 1 saturated carbocycles. The lowest BCUT2D eigenvalue weighted by Crippen LogP contribution is -2.39. The van der Waals surface area contributed by atoms with Crippen molar-refractivity contribution in [3.8, 4) is 5.75 Å². The van der Waals surface area contributed by atoms with E-state index in [9.17, 15) is 9.90 Å². The maximum atomic E-state index is 12.5. The summed E-state index contributed by atoms with van der Waals surface area (Å²) in [5, 5.41) is 14.2. The van der Waals surface area contributed by atoms with Crippen molar-refractivity contribution >= 4 is 5.91 Å². The van der Waals surface area contributed by atoms with Gasteiger partial charge in [-0.2, -0.15) is 5.10 Å². The molecule has 1 N–H and O–H groups in total. The van der Waals surface area contributed by atoms with Gasteiger partial charge in [0.15, 0.2) is 6.61 Å². The number of amides is 1. The van der Waals surface area contributed by atoms with Crippen LogP contribution in [-0.2, 0) is 30.9 Å². The van der Waals surface area contributed by atoms with Crippen molar-refractivity contribution in [3.63, 3.8) is 0 Å². The number of rotatable bonds is 6. The predicted octanol–water partition coefficient (Wildman–Crippen LogP) is 1.75. The van der Waals surface area contributed by atoms with Gasteiger partial charge in [-0.05, 0) is 30.9 Å². The van der Waals surface area contributed by atoms with Gasteiger partial charge in [0, 0.05) is 37.3 Å². The zero-order valence-corrected chi connectivity index (χ0v) is 14.2. The maximum Gasteiger partial charge on any atom is 0.260 e. The summed E-state index contributed by atoms with van der Waals surface area (Å²) in [6.45, 7) is 2.07. The van der Waals surface area contributed by atoms with E-state index >= 15 is 0 Å². The fraction of sp³-hybridized carbons (Fsp3) is 0.474. The van der Waals surface area contributed by atoms with Gasteiger partial charge in [0.2, 0.25) is 0 Å². The Morgan fingerprint density at radius 3 is 2.80 bits per heavy atom. The van der Waals surface area contributed by atoms with Gasteiger partial charge in [-0.1, -0.05) is 18.2 Å². The van der Waals surface area contributed by atoms with Crippen LogP contribution in [0.25, 0.3) is 0 Å². The normalized spacial score (nSPS) is 16.6. The lowest BCUT2D eigenvalue weighted by Gasteiger charge is -2.28. The fourth-order valence-electron chi connectivity index (χ4n) is 3.35. The fourth-order valence-corrected chi connectivity index (χ4v) is 3.35. The van der Waals surface area contributed by atoms with Crippen LogP contribution in [0.1, 0.15) is 29.8 Å². The number of fused-ring (bicyclic) bond motifs is 1. The third kappa shape index (κ3) is 3.54. The SMILES string of the molecule is O=C(COc1ccccc1)N1CCc2c(c(CO)nn2CC2CC2)C1. The first-order valence-electron chi connectivity index (χ1n) is 8.88. The number of ether oxygens (including phenoxy) is 1. The van der Waals surface area contributed by atoms with Crippen LogP contribution in [0.2, 0.25) is 0 Å². The highest BCUT2D eigenvalue weighted by molar-refractivity contribution is 5.78. The first-order chi connectivity index (χ1) is 12.2. The molecule has 2 aromatic rings. The molecule has 1 aromatic heterocycles. The van der Waals surface area contributed by atoms with Gasteiger partial charge in [-0.25, -0.2) is 0 Å². The van der Waals surface area contributed by atoms with Gasteiger partial charge in [0.25, 0.3) is 5.91 Å². The number of hydrogen-bond acceptors (Lipinski definition) is 4. The maximum absolute atomic E-state index is 12.5. The van der Waals surface area contributed by atoms with Crippen molar-refractivity contribution in [1.82, 2.24) is 14.7 Å². The summed E-state index contributed by atoms with van der Waals surface area (Å²) in [4.78, 5) is 14.3. The summed E-state index contributed by atoms with van der Waals surface area (Å²) in [6.07, 6.45) is 3.32. The summed E-state index contributed by atoms with van der Waals surface area (Å²) in [7, 11) is 0. The van der Waals surface area contributed by atoms with E-state index in [0.29, 0.717) is 24.5 Å². The lowest BCUT2D eigenvalue weighted by molar-refractivity contribution is -0.134. The van der Waals surface area contributed by atoms with Crippen LogP contribution in [0, 0.1) is 5.92 Å². The molecule has 1 fully saturated rings. The Bertz CT molecular complexity index is 753. The molecule has 1 aliphatic carbocycles. The van der Waals surface area contributed by atoms with Gasteiger partial charge in [0.1, 0.15) is 5.75 Å². The Morgan fingerprint density at radius 1 is 1.28 bits per heavy atom. The van der Waals surface area contributed by atoms with E-state index in [2.05, 4.69) is 9.78 Å². The van der Waals surface area contributed by atoms with E-state index in [4.69, 9.17) is 4.74 Å². The van der Waals surface area contributed by atoms with E-state index in [1.807, 2.05) is 30.3 Å². The van der Waals surface area contributed by atoms with Crippen LogP contribution in [0.5, 0.6) is 5.75 Å². The number of benzene rings is 1. The smallest absolute Gasteiger partial charge is 0.260 e. The number of carbonyl (C=O) groups is 1. The summed E-state index contributed by atoms with van der Waals surface area (Å²) in [6, 6.07) is 9.36. The van der Waals surface area contributed by atoms with Crippen LogP contribution in [0.4, 0.5) is 0 Å². The first kappa shape index (κ1) is 16.1. The van der Waals surface area contributed by atoms with E-state index in [-0.39, 0.29) is 19.1 Å². The first-order valence-corrected chi connectivity index (χ1v) is 8.88. The second-order valence-corrected chi connectivity index (χ2v) is 6.82. The highest BCUT2D eigenvalue weighted by Gasteiger charge is 2.30. The molecular formula is C19H23N3O3. The molecule has 0 radical (unpaired) electrons. The predicted molar refractivity (Wildman–Crippen MR) is 91.9 cm³/mol. The minimum Gasteiger partial charge on any atom is -0.484 e. The second-order valence-electron chi connectivity index (χ2n) is 6.82. The van der Waals surface area contributed by atoms with Crippen molar-refractivity contribution in [2.75, 3.05) is 13.2 Å². The number of nitrogens with zero attached hydrogens (tertiary/aromatic N) is 3. The van der Waals surface area contributed by atoms with E-state index in [0.717, 1.165) is 24.4 Å². The summed E-state index contributed by atoms with van der Waals surface area (Å²) >= 11 is 0. The number of carbonyl (C=O) groups excluding carboxylic acids is 1. The van der Waals surface area contributed by atoms with E-state index in [1.165, 1.54) is 18.5 Å². The number of hydrogen-bond donors (Lipinski definition) is 1. The summed E-state index contributed by atoms with van der Waals surface area (Å²) in [5.74, 6) is 1.39. The van der Waals surface area contributed by atoms with E-state index in [1.54, 1.807) is 4.90 Å². The molecule has 6 nitrogen and oxygen atoms in total. The standard InChI is InChI=1S/C19H23N3O3/c23-12-17-16-11-21(19(24)13-25-15-4-2-1-3-5-15)9-8-18(16)22(20-17)10-14-6-7-14/h1-5,14,23H,6-13H2. The highest BCUT2D eigenvalue weighted by Crippen LogP contribution is 2.32.